The predicted octanol–water partition coefficient (Wildman–Crippen LogP) is 5.46. The van der Waals surface area contributed by atoms with Crippen LogP contribution in [0.25, 0.3) is 0 Å². The van der Waals surface area contributed by atoms with Gasteiger partial charge >= 0.3 is 0 Å². The van der Waals surface area contributed by atoms with Gasteiger partial charge in [-0.1, -0.05) is 39.0 Å². The first-order valence-corrected chi connectivity index (χ1v) is 11.6. The molecule has 4 unspecified atom stereocenters. The summed E-state index contributed by atoms with van der Waals surface area (Å²) in [6.45, 7) is 8.71. The van der Waals surface area contributed by atoms with Crippen LogP contribution in [0, 0.1) is 18.3 Å². The summed E-state index contributed by atoms with van der Waals surface area (Å²) in [6, 6.07) is 13.8. The third-order valence-corrected chi connectivity index (χ3v) is 9.59. The highest BCUT2D eigenvalue weighted by Crippen LogP contribution is 2.59. The Morgan fingerprint density at radius 2 is 1.79 bits per heavy atom. The molecule has 4 heteroatoms. The highest BCUT2D eigenvalue weighted by atomic mass is 32.2. The van der Waals surface area contributed by atoms with Crippen LogP contribution in [0.2, 0.25) is 0 Å². The Balaban J connectivity index is 1.78. The van der Waals surface area contributed by atoms with Crippen LogP contribution in [-0.2, 0) is 16.2 Å². The minimum Gasteiger partial charge on any atom is -0.496 e. The van der Waals surface area contributed by atoms with E-state index in [-0.39, 0.29) is 27.8 Å². The second kappa shape index (κ2) is 7.09. The Morgan fingerprint density at radius 1 is 1.10 bits per heavy atom. The first-order chi connectivity index (χ1) is 13.7. The Labute approximate surface area is 176 Å². The van der Waals surface area contributed by atoms with E-state index in [9.17, 15) is 9.00 Å². The summed E-state index contributed by atoms with van der Waals surface area (Å²) in [7, 11) is 0.596. The van der Waals surface area contributed by atoms with Crippen molar-refractivity contribution in [3.63, 3.8) is 0 Å². The first kappa shape index (κ1) is 20.3. The third kappa shape index (κ3) is 3.07. The lowest BCUT2D eigenvalue weighted by molar-refractivity contribution is 0.0404. The molecule has 2 aromatic carbocycles. The number of carbonyl (C=O) groups excluding carboxylic acids is 1. The summed E-state index contributed by atoms with van der Waals surface area (Å²) < 4.78 is 19.1. The lowest BCUT2D eigenvalue weighted by Crippen LogP contribution is -2.55. The fourth-order valence-electron chi connectivity index (χ4n) is 5.84. The molecule has 0 spiro atoms. The number of ketones is 1. The molecule has 0 N–H and O–H groups in total. The van der Waals surface area contributed by atoms with Crippen LogP contribution < -0.4 is 4.74 Å². The van der Waals surface area contributed by atoms with Gasteiger partial charge in [0.1, 0.15) is 5.75 Å². The fraction of sp³-hybridized carbons (Fsp3) is 0.480. The van der Waals surface area contributed by atoms with Crippen molar-refractivity contribution in [3.05, 3.63) is 59.2 Å². The van der Waals surface area contributed by atoms with Gasteiger partial charge in [-0.15, -0.1) is 0 Å². The van der Waals surface area contributed by atoms with Gasteiger partial charge in [-0.25, -0.2) is 0 Å². The molecule has 2 aliphatic rings. The summed E-state index contributed by atoms with van der Waals surface area (Å²) in [5.41, 5.74) is 2.61. The molecule has 0 aliphatic heterocycles. The van der Waals surface area contributed by atoms with Gasteiger partial charge in [-0.3, -0.25) is 9.00 Å². The normalized spacial score (nSPS) is 28.9. The van der Waals surface area contributed by atoms with Gasteiger partial charge in [-0.2, -0.15) is 0 Å². The largest absolute Gasteiger partial charge is 0.496 e. The Kier molecular flexibility index (Phi) is 4.97. The third-order valence-electron chi connectivity index (χ3n) is 7.50. The van der Waals surface area contributed by atoms with Gasteiger partial charge in [0.2, 0.25) is 0 Å². The van der Waals surface area contributed by atoms with E-state index < -0.39 is 10.8 Å². The van der Waals surface area contributed by atoms with Crippen molar-refractivity contribution in [2.75, 3.05) is 7.11 Å². The fourth-order valence-corrected chi connectivity index (χ4v) is 7.64. The van der Waals surface area contributed by atoms with E-state index in [2.05, 4.69) is 26.8 Å². The second-order valence-electron chi connectivity index (χ2n) is 9.42. The second-order valence-corrected chi connectivity index (χ2v) is 11.1. The number of methoxy groups -OCH3 is 1. The summed E-state index contributed by atoms with van der Waals surface area (Å²) in [5.74, 6) is 1.19. The number of Topliss-reactive ketones (excluding diaryl/α,β-unsaturated/α-hetero) is 1. The van der Waals surface area contributed by atoms with Gasteiger partial charge in [0.15, 0.2) is 5.78 Å². The number of benzene rings is 2. The van der Waals surface area contributed by atoms with Gasteiger partial charge in [0.25, 0.3) is 0 Å². The minimum atomic E-state index is -1.09. The SMILES string of the molecule is COc1cc2c(cc1C)C(=O)CC1C2(C)CCC(S(=O)c2ccccc2)C1(C)C. The molecule has 4 atom stereocenters. The Hall–Kier alpha value is -1.94. The van der Waals surface area contributed by atoms with Crippen LogP contribution in [0.5, 0.6) is 5.75 Å². The number of ether oxygens (including phenoxy) is 1. The van der Waals surface area contributed by atoms with Crippen LogP contribution in [0.3, 0.4) is 0 Å². The van der Waals surface area contributed by atoms with Crippen molar-refractivity contribution in [2.45, 2.75) is 62.5 Å². The monoisotopic (exact) mass is 410 g/mol. The minimum absolute atomic E-state index is 0.0321. The average Bonchev–Trinajstić information content (AvgIpc) is 2.70. The van der Waals surface area contributed by atoms with Crippen molar-refractivity contribution < 1.29 is 13.7 Å². The molecule has 0 saturated heterocycles. The maximum absolute atomic E-state index is 13.5. The molecular formula is C25H30O3S. The van der Waals surface area contributed by atoms with E-state index in [4.69, 9.17) is 4.74 Å². The Morgan fingerprint density at radius 3 is 2.45 bits per heavy atom. The van der Waals surface area contributed by atoms with E-state index in [1.807, 2.05) is 43.3 Å². The van der Waals surface area contributed by atoms with Crippen molar-refractivity contribution >= 4 is 16.6 Å². The molecule has 2 aromatic rings. The molecule has 154 valence electrons. The highest BCUT2D eigenvalue weighted by Gasteiger charge is 2.56. The zero-order valence-electron chi connectivity index (χ0n) is 18.0. The van der Waals surface area contributed by atoms with E-state index in [1.54, 1.807) is 7.11 Å². The van der Waals surface area contributed by atoms with E-state index in [0.29, 0.717) is 6.42 Å². The number of hydrogen-bond donors (Lipinski definition) is 0. The maximum atomic E-state index is 13.5. The molecule has 0 bridgehead atoms. The van der Waals surface area contributed by atoms with Crippen molar-refractivity contribution in [3.8, 4) is 5.75 Å². The summed E-state index contributed by atoms with van der Waals surface area (Å²) >= 11 is 0. The number of carbonyl (C=O) groups is 1. The molecule has 4 rings (SSSR count). The van der Waals surface area contributed by atoms with Gasteiger partial charge in [0, 0.05) is 22.1 Å². The molecule has 0 aromatic heterocycles. The standard InChI is InChI=1S/C25H30O3S/c1-16-13-18-19(14-21(16)28-5)25(4)12-11-23(24(2,3)22(25)15-20(18)26)29(27)17-9-7-6-8-10-17/h6-10,13-14,22-23H,11-12,15H2,1-5H3. The quantitative estimate of drug-likeness (QED) is 0.675. The molecule has 1 fully saturated rings. The molecule has 0 radical (unpaired) electrons. The van der Waals surface area contributed by atoms with Crippen molar-refractivity contribution in [1.29, 1.82) is 0 Å². The molecule has 3 nitrogen and oxygen atoms in total. The average molecular weight is 411 g/mol. The van der Waals surface area contributed by atoms with E-state index in [1.165, 1.54) is 0 Å². The van der Waals surface area contributed by atoms with Crippen LogP contribution in [0.1, 0.15) is 61.5 Å². The number of fused-ring (bicyclic) bond motifs is 3. The first-order valence-electron chi connectivity index (χ1n) is 10.4. The van der Waals surface area contributed by atoms with E-state index in [0.717, 1.165) is 40.2 Å². The summed E-state index contributed by atoms with van der Waals surface area (Å²) in [6.07, 6.45) is 2.33. The lowest BCUT2D eigenvalue weighted by atomic mass is 9.50. The molecule has 1 saturated carbocycles. The smallest absolute Gasteiger partial charge is 0.163 e. The lowest BCUT2D eigenvalue weighted by Gasteiger charge is -2.56. The highest BCUT2D eigenvalue weighted by molar-refractivity contribution is 7.85. The van der Waals surface area contributed by atoms with Crippen molar-refractivity contribution in [2.24, 2.45) is 11.3 Å². The summed E-state index contributed by atoms with van der Waals surface area (Å²) in [4.78, 5) is 14.0. The molecule has 29 heavy (non-hydrogen) atoms. The zero-order valence-corrected chi connectivity index (χ0v) is 18.8. The Bertz CT molecular complexity index is 979. The number of aryl methyl sites for hydroxylation is 1. The predicted molar refractivity (Wildman–Crippen MR) is 117 cm³/mol. The van der Waals surface area contributed by atoms with Crippen LogP contribution >= 0.6 is 0 Å². The molecule has 0 heterocycles. The molecule has 0 amide bonds. The number of hydrogen-bond acceptors (Lipinski definition) is 3. The van der Waals surface area contributed by atoms with E-state index >= 15 is 0 Å². The topological polar surface area (TPSA) is 43.4 Å². The number of rotatable bonds is 3. The maximum Gasteiger partial charge on any atom is 0.163 e. The summed E-state index contributed by atoms with van der Waals surface area (Å²) in [5, 5.41) is 0.0321. The van der Waals surface area contributed by atoms with Crippen molar-refractivity contribution in [1.82, 2.24) is 0 Å². The van der Waals surface area contributed by atoms with Crippen LogP contribution in [0.4, 0.5) is 0 Å². The van der Waals surface area contributed by atoms with Crippen LogP contribution in [-0.4, -0.2) is 22.4 Å². The van der Waals surface area contributed by atoms with Gasteiger partial charge in [0.05, 0.1) is 17.9 Å². The van der Waals surface area contributed by atoms with Crippen LogP contribution in [0.15, 0.2) is 47.4 Å². The molecular weight excluding hydrogens is 380 g/mol. The zero-order chi connectivity index (χ0) is 21.0. The van der Waals surface area contributed by atoms with Gasteiger partial charge in [-0.05, 0) is 71.9 Å². The molecule has 2 aliphatic carbocycles. The van der Waals surface area contributed by atoms with Gasteiger partial charge < -0.3 is 4.74 Å².